The largest absolute Gasteiger partial charge is 0.473 e. The molecule has 16 rings (SSSR count). The van der Waals surface area contributed by atoms with E-state index in [1.54, 1.807) is 37.4 Å². The Hall–Kier alpha value is -15.7. The molecule has 0 atom stereocenters. The number of hydrogen-bond acceptors (Lipinski definition) is 21. The Bertz CT molecular complexity index is 7520. The fourth-order valence-corrected chi connectivity index (χ4v) is 13.6. The average Bonchev–Trinajstić information content (AvgIpc) is 0.837. The van der Waals surface area contributed by atoms with Gasteiger partial charge >= 0.3 is 47.3 Å². The van der Waals surface area contributed by atoms with E-state index in [-0.39, 0.29) is 96.2 Å². The van der Waals surface area contributed by atoms with E-state index in [2.05, 4.69) is 39.9 Å². The van der Waals surface area contributed by atoms with Crippen molar-refractivity contribution in [2.75, 3.05) is 7.11 Å². The van der Waals surface area contributed by atoms with Gasteiger partial charge in [0.25, 0.3) is 0 Å². The number of rotatable bonds is 25. The molecular formula is C98H70Cl4F14N12O13. The van der Waals surface area contributed by atoms with Crippen LogP contribution < -0.4 is 65.4 Å². The van der Waals surface area contributed by atoms with Crippen LogP contribution in [0.4, 0.5) is 61.5 Å². The Morgan fingerprint density at radius 3 is 0.879 bits per heavy atom. The lowest BCUT2D eigenvalue weighted by atomic mass is 10.1. The summed E-state index contributed by atoms with van der Waals surface area (Å²) in [6, 6.07) is 49.4. The predicted molar refractivity (Wildman–Crippen MR) is 491 cm³/mol. The van der Waals surface area contributed by atoms with E-state index in [0.717, 1.165) is 53.1 Å². The standard InChI is InChI=1S/C26H22ClFN2O3.C25H16ClF5N2O3.C24H17ClF4N4O4.C23H15ClF4N4O3/c1-16-4-7-19(8-5-16)23-14-25(29-26(31)30(23)3)32-15-18-6-11-24(22(28)13-18)33-20-9-10-21(27)17(2)12-20;1-33-21(15-3-5-16(27)6-4-15)12-23(32-24(33)34)35-13-14-2-9-22(20(28)10-14)36-17-7-8-19(26)18(11-17)25(29,30)31;1-33-19(14-10-30-22(35-2)31-11-14)9-21(32-23(33)34)36-12-13-3-6-20(18(26)7-13)37-15-4-5-17(25)16(8-15)24(27,28)29;1-32-19(14-9-29-12-30-10-14)8-21(31-22(32)33)34-11-13-2-5-20(18(25)6-13)35-15-3-4-17(24)16(7-15)23(26,27)28/h4-14H,15H2,1-3H3;2-12H,13H2,1H3;3-11H,12H2,1-2H3;2-10,12H,11H2,1H3. The normalized spacial score (nSPS) is 11.2. The van der Waals surface area contributed by atoms with Crippen LogP contribution in [-0.4, -0.2) is 65.3 Å². The highest BCUT2D eigenvalue weighted by Crippen LogP contribution is 2.43. The van der Waals surface area contributed by atoms with Gasteiger partial charge in [-0.3, -0.25) is 18.3 Å². The van der Waals surface area contributed by atoms with Crippen LogP contribution in [0, 0.1) is 42.9 Å². The van der Waals surface area contributed by atoms with Gasteiger partial charge in [-0.05, 0) is 198 Å². The van der Waals surface area contributed by atoms with Crippen LogP contribution in [0.3, 0.4) is 0 Å². The molecule has 0 N–H and O–H groups in total. The summed E-state index contributed by atoms with van der Waals surface area (Å²) in [4.78, 5) is 80.3. The number of nitrogens with zero attached hydrogens (tertiary/aromatic N) is 12. The topological polar surface area (TPSA) is 274 Å². The second kappa shape index (κ2) is 44.8. The minimum absolute atomic E-state index is 0.00790. The van der Waals surface area contributed by atoms with E-state index in [4.69, 9.17) is 89.0 Å². The van der Waals surface area contributed by atoms with Gasteiger partial charge in [0.05, 0.1) is 61.6 Å². The van der Waals surface area contributed by atoms with Crippen molar-refractivity contribution in [3.8, 4) is 121 Å². The summed E-state index contributed by atoms with van der Waals surface area (Å²) in [6.45, 7) is 3.43. The fourth-order valence-electron chi connectivity index (χ4n) is 12.8. The molecule has 0 saturated heterocycles. The number of hydrogen-bond donors (Lipinski definition) is 0. The van der Waals surface area contributed by atoms with E-state index in [1.165, 1.54) is 187 Å². The number of halogens is 18. The molecule has 6 aromatic heterocycles. The van der Waals surface area contributed by atoms with Crippen LogP contribution in [0.2, 0.25) is 20.1 Å². The van der Waals surface area contributed by atoms with Gasteiger partial charge in [0, 0.05) is 93.4 Å². The number of aromatic nitrogens is 12. The first-order valence-electron chi connectivity index (χ1n) is 41.0. The predicted octanol–water partition coefficient (Wildman–Crippen LogP) is 23.8. The first-order chi connectivity index (χ1) is 67.0. The summed E-state index contributed by atoms with van der Waals surface area (Å²) in [7, 11) is 7.64. The Balaban J connectivity index is 0.000000158. The molecule has 25 nitrogen and oxygen atoms in total. The van der Waals surface area contributed by atoms with Crippen molar-refractivity contribution in [3.05, 3.63) is 391 Å². The summed E-state index contributed by atoms with van der Waals surface area (Å²) < 4.78 is 243. The molecule has 0 unspecified atom stereocenters. The van der Waals surface area contributed by atoms with Gasteiger partial charge < -0.3 is 42.6 Å². The molecule has 0 saturated carbocycles. The van der Waals surface area contributed by atoms with Gasteiger partial charge in [0.2, 0.25) is 23.5 Å². The Morgan fingerprint density at radius 2 is 0.596 bits per heavy atom. The lowest BCUT2D eigenvalue weighted by Crippen LogP contribution is -2.22. The molecular weight excluding hydrogens is 1960 g/mol. The average molecular weight is 2030 g/mol. The van der Waals surface area contributed by atoms with Crippen LogP contribution >= 0.6 is 46.4 Å². The summed E-state index contributed by atoms with van der Waals surface area (Å²) >= 11 is 22.8. The SMILES string of the molecule is COc1ncc(-c2cc(OCc3ccc(Oc4ccc(Cl)c(C(F)(F)F)c4)c(F)c3)nc(=O)n2C)cn1.Cc1ccc(-c2cc(OCc3ccc(Oc4ccc(Cl)c(C)c4)c(F)c3)nc(=O)n2C)cc1.Cn1c(-c2ccc(F)cc2)cc(OCc2ccc(Oc3ccc(Cl)c(C(F)(F)F)c3)c(F)c2)nc1=O.Cn1c(-c2cncnc2)cc(OCc2ccc(Oc3ccc(Cl)c(C(F)(F)F)c3)c(F)c2)nc1=O. The zero-order chi connectivity index (χ0) is 101. The van der Waals surface area contributed by atoms with Crippen molar-refractivity contribution in [1.29, 1.82) is 0 Å². The summed E-state index contributed by atoms with van der Waals surface area (Å²) in [5, 5.41) is -0.884. The van der Waals surface area contributed by atoms with Crippen LogP contribution in [0.5, 0.6) is 75.5 Å². The van der Waals surface area contributed by atoms with Crippen molar-refractivity contribution < 1.29 is 104 Å². The lowest BCUT2D eigenvalue weighted by Gasteiger charge is -2.13. The Labute approximate surface area is 809 Å². The molecule has 0 aliphatic rings. The van der Waals surface area contributed by atoms with Gasteiger partial charge in [0.1, 0.15) is 61.6 Å². The molecule has 0 fully saturated rings. The van der Waals surface area contributed by atoms with Crippen molar-refractivity contribution >= 4 is 46.4 Å². The number of methoxy groups -OCH3 is 1. The molecule has 0 bridgehead atoms. The van der Waals surface area contributed by atoms with Gasteiger partial charge in [-0.15, -0.1) is 0 Å². The van der Waals surface area contributed by atoms with Crippen molar-refractivity contribution in [1.82, 2.24) is 58.1 Å². The highest BCUT2D eigenvalue weighted by atomic mass is 35.5. The maximum Gasteiger partial charge on any atom is 0.417 e. The third-order valence-corrected chi connectivity index (χ3v) is 21.6. The van der Waals surface area contributed by atoms with Crippen LogP contribution in [0.1, 0.15) is 50.1 Å². The number of aryl methyl sites for hydroxylation is 2. The summed E-state index contributed by atoms with van der Waals surface area (Å²) in [5.74, 6) is -4.35. The smallest absolute Gasteiger partial charge is 0.417 e. The summed E-state index contributed by atoms with van der Waals surface area (Å²) in [6.07, 6.45) is -6.73. The molecule has 726 valence electrons. The number of alkyl halides is 9. The Kier molecular flexibility index (Phi) is 32.6. The third-order valence-electron chi connectivity index (χ3n) is 20.2. The highest BCUT2D eigenvalue weighted by molar-refractivity contribution is 6.32. The molecule has 0 aliphatic carbocycles. The van der Waals surface area contributed by atoms with Gasteiger partial charge in [0.15, 0.2) is 46.3 Å². The van der Waals surface area contributed by atoms with E-state index < -0.39 is 102 Å². The number of ether oxygens (including phenoxy) is 9. The second-order valence-electron chi connectivity index (χ2n) is 30.2. The van der Waals surface area contributed by atoms with E-state index in [0.29, 0.717) is 90.7 Å². The van der Waals surface area contributed by atoms with Crippen molar-refractivity contribution in [2.45, 2.75) is 58.8 Å². The first kappa shape index (κ1) is 103. The summed E-state index contributed by atoms with van der Waals surface area (Å²) in [5.41, 5.74) is 2.62. The molecule has 16 aromatic rings. The number of benzene rings is 10. The molecule has 0 amide bonds. The first-order valence-corrected chi connectivity index (χ1v) is 42.5. The van der Waals surface area contributed by atoms with Crippen LogP contribution in [0.15, 0.2) is 269 Å². The van der Waals surface area contributed by atoms with E-state index in [9.17, 15) is 80.6 Å². The van der Waals surface area contributed by atoms with Gasteiger partial charge in [-0.25, -0.2) is 61.1 Å². The van der Waals surface area contributed by atoms with E-state index in [1.807, 2.05) is 38.1 Å². The quantitative estimate of drug-likeness (QED) is 0.0481. The maximum absolute atomic E-state index is 14.6. The molecule has 0 aliphatic heterocycles. The maximum atomic E-state index is 14.6. The van der Waals surface area contributed by atoms with Crippen molar-refractivity contribution in [3.63, 3.8) is 0 Å². The molecule has 0 spiro atoms. The molecule has 10 aromatic carbocycles. The fraction of sp³-hybridized carbons (Fsp3) is 0.143. The molecule has 6 heterocycles. The second-order valence-corrected chi connectivity index (χ2v) is 31.8. The molecule has 0 radical (unpaired) electrons. The zero-order valence-electron chi connectivity index (χ0n) is 74.0. The van der Waals surface area contributed by atoms with Gasteiger partial charge in [-0.1, -0.05) is 100 Å². The van der Waals surface area contributed by atoms with Crippen LogP contribution in [-0.2, 0) is 73.1 Å². The van der Waals surface area contributed by atoms with E-state index >= 15 is 0 Å². The highest BCUT2D eigenvalue weighted by Gasteiger charge is 2.37. The van der Waals surface area contributed by atoms with Crippen LogP contribution in [0.25, 0.3) is 45.0 Å². The zero-order valence-corrected chi connectivity index (χ0v) is 77.0. The Morgan fingerprint density at radius 1 is 0.319 bits per heavy atom. The van der Waals surface area contributed by atoms with Crippen molar-refractivity contribution in [2.24, 2.45) is 28.2 Å². The molecule has 141 heavy (non-hydrogen) atoms. The molecule has 43 heteroatoms. The van der Waals surface area contributed by atoms with Gasteiger partial charge in [-0.2, -0.15) is 59.4 Å². The third kappa shape index (κ3) is 27.0. The lowest BCUT2D eigenvalue weighted by molar-refractivity contribution is -0.138. The minimum atomic E-state index is -4.70. The minimum Gasteiger partial charge on any atom is -0.473 e. The monoisotopic (exact) mass is 2030 g/mol.